The molecule has 1 heterocycles. The molecule has 4 aromatic rings. The Balaban J connectivity index is 1.64. The summed E-state index contributed by atoms with van der Waals surface area (Å²) >= 11 is 0. The third kappa shape index (κ3) is 4.25. The fourth-order valence-corrected chi connectivity index (χ4v) is 3.65. The van der Waals surface area contributed by atoms with Crippen LogP contribution in [0.4, 0.5) is 11.4 Å². The number of fused-ring (bicyclic) bond motifs is 1. The molecular formula is C25H23N3O2. The van der Waals surface area contributed by atoms with Gasteiger partial charge in [0.25, 0.3) is 0 Å². The highest BCUT2D eigenvalue weighted by Gasteiger charge is 2.26. The lowest BCUT2D eigenvalue weighted by Crippen LogP contribution is -2.46. The minimum atomic E-state index is -0.640. The number of aldehydes is 1. The van der Waals surface area contributed by atoms with Crippen molar-refractivity contribution in [3.8, 4) is 0 Å². The van der Waals surface area contributed by atoms with Crippen LogP contribution in [0, 0.1) is 0 Å². The minimum absolute atomic E-state index is 0.307. The number of nitrogens with zero attached hydrogens (tertiary/aromatic N) is 1. The van der Waals surface area contributed by atoms with Crippen molar-refractivity contribution < 1.29 is 9.59 Å². The zero-order valence-electron chi connectivity index (χ0n) is 16.5. The van der Waals surface area contributed by atoms with Crippen molar-refractivity contribution in [1.29, 1.82) is 0 Å². The molecule has 0 bridgehead atoms. The highest BCUT2D eigenvalue weighted by Crippen LogP contribution is 2.24. The fraction of sp³-hybridized carbons (Fsp3) is 0.120. The van der Waals surface area contributed by atoms with E-state index in [4.69, 9.17) is 0 Å². The van der Waals surface area contributed by atoms with Crippen LogP contribution in [0.1, 0.15) is 5.56 Å². The normalized spacial score (nSPS) is 11.7. The van der Waals surface area contributed by atoms with E-state index in [1.165, 1.54) is 0 Å². The lowest BCUT2D eigenvalue weighted by molar-refractivity contribution is -0.130. The first-order chi connectivity index (χ1) is 14.8. The van der Waals surface area contributed by atoms with Crippen LogP contribution < -0.4 is 10.2 Å². The van der Waals surface area contributed by atoms with Gasteiger partial charge in [0.2, 0.25) is 5.78 Å². The molecule has 0 radical (unpaired) electrons. The molecule has 0 saturated heterocycles. The highest BCUT2D eigenvalue weighted by atomic mass is 16.2. The van der Waals surface area contributed by atoms with E-state index in [-0.39, 0.29) is 0 Å². The van der Waals surface area contributed by atoms with E-state index >= 15 is 0 Å². The number of benzene rings is 3. The maximum atomic E-state index is 12.7. The average Bonchev–Trinajstić information content (AvgIpc) is 3.22. The summed E-state index contributed by atoms with van der Waals surface area (Å²) in [4.78, 5) is 29.4. The molecule has 1 atom stereocenters. The topological polar surface area (TPSA) is 65.2 Å². The Labute approximate surface area is 175 Å². The zero-order valence-corrected chi connectivity index (χ0v) is 16.5. The second-order valence-electron chi connectivity index (χ2n) is 7.11. The number of aromatic nitrogens is 1. The van der Waals surface area contributed by atoms with Gasteiger partial charge in [-0.25, -0.2) is 0 Å². The van der Waals surface area contributed by atoms with Gasteiger partial charge in [0.15, 0.2) is 6.29 Å². The Kier molecular flexibility index (Phi) is 5.90. The molecule has 4 rings (SSSR count). The van der Waals surface area contributed by atoms with Crippen LogP contribution in [0.3, 0.4) is 0 Å². The van der Waals surface area contributed by atoms with Crippen molar-refractivity contribution >= 4 is 34.3 Å². The predicted octanol–water partition coefficient (Wildman–Crippen LogP) is 4.42. The van der Waals surface area contributed by atoms with Gasteiger partial charge in [0.1, 0.15) is 6.04 Å². The fourth-order valence-electron chi connectivity index (χ4n) is 3.65. The molecule has 150 valence electrons. The molecule has 30 heavy (non-hydrogen) atoms. The number of hydrogen-bond donors (Lipinski definition) is 2. The van der Waals surface area contributed by atoms with Gasteiger partial charge in [0, 0.05) is 35.9 Å². The Bertz CT molecular complexity index is 1120. The molecule has 0 amide bonds. The molecule has 5 nitrogen and oxygen atoms in total. The quantitative estimate of drug-likeness (QED) is 0.324. The van der Waals surface area contributed by atoms with Crippen molar-refractivity contribution in [2.24, 2.45) is 0 Å². The van der Waals surface area contributed by atoms with Crippen LogP contribution in [0.2, 0.25) is 0 Å². The van der Waals surface area contributed by atoms with E-state index in [9.17, 15) is 9.59 Å². The summed E-state index contributed by atoms with van der Waals surface area (Å²) in [5, 5.41) is 4.41. The summed E-state index contributed by atoms with van der Waals surface area (Å²) in [5.74, 6) is -0.456. The van der Waals surface area contributed by atoms with E-state index in [2.05, 4.69) is 10.3 Å². The van der Waals surface area contributed by atoms with Crippen molar-refractivity contribution in [2.45, 2.75) is 12.6 Å². The molecule has 0 aliphatic carbocycles. The lowest BCUT2D eigenvalue weighted by Gasteiger charge is -2.32. The van der Waals surface area contributed by atoms with Crippen LogP contribution in [-0.4, -0.2) is 29.6 Å². The number of H-pyrrole nitrogens is 1. The van der Waals surface area contributed by atoms with E-state index in [1.807, 2.05) is 96.0 Å². The number of aromatic amines is 1. The zero-order chi connectivity index (χ0) is 20.8. The molecule has 1 aromatic heterocycles. The third-order valence-corrected chi connectivity index (χ3v) is 5.18. The summed E-state index contributed by atoms with van der Waals surface area (Å²) in [6.45, 7) is 0.825. The van der Waals surface area contributed by atoms with Gasteiger partial charge >= 0.3 is 0 Å². The number of rotatable bonds is 9. The molecule has 3 aromatic carbocycles. The number of nitrogens with one attached hydrogen (secondary N) is 2. The number of anilines is 2. The van der Waals surface area contributed by atoms with Crippen LogP contribution in [0.15, 0.2) is 91.1 Å². The molecule has 0 spiro atoms. The number of ketones is 1. The largest absolute Gasteiger partial charge is 0.381 e. The molecular weight excluding hydrogens is 374 g/mol. The van der Waals surface area contributed by atoms with Crippen molar-refractivity contribution in [1.82, 2.24) is 4.98 Å². The standard InChI is InChI=1S/C25H23N3O2/c29-18-25(30)24(16-27-23-15-26-22-14-8-7-13-21(22)23)28(20-11-5-2-6-12-20)17-19-9-3-1-4-10-19/h1-15,18,24,26-27H,16-17H2. The first-order valence-electron chi connectivity index (χ1n) is 9.91. The van der Waals surface area contributed by atoms with Gasteiger partial charge in [-0.3, -0.25) is 9.59 Å². The molecule has 1 unspecified atom stereocenters. The van der Waals surface area contributed by atoms with Gasteiger partial charge in [-0.05, 0) is 23.8 Å². The number of carbonyl (C=O) groups excluding carboxylic acids is 2. The molecule has 0 aliphatic heterocycles. The average molecular weight is 397 g/mol. The molecule has 0 aliphatic rings. The smallest absolute Gasteiger partial charge is 0.219 e. The van der Waals surface area contributed by atoms with Gasteiger partial charge in [-0.15, -0.1) is 0 Å². The van der Waals surface area contributed by atoms with Crippen LogP contribution in [-0.2, 0) is 16.1 Å². The molecule has 0 fully saturated rings. The maximum Gasteiger partial charge on any atom is 0.219 e. The van der Waals surface area contributed by atoms with Gasteiger partial charge in [-0.1, -0.05) is 66.7 Å². The second kappa shape index (κ2) is 9.09. The van der Waals surface area contributed by atoms with E-state index in [0.717, 1.165) is 27.8 Å². The lowest BCUT2D eigenvalue weighted by atomic mass is 10.1. The number of hydrogen-bond acceptors (Lipinski definition) is 4. The summed E-state index contributed by atoms with van der Waals surface area (Å²) < 4.78 is 0. The Morgan fingerprint density at radius 1 is 0.933 bits per heavy atom. The monoisotopic (exact) mass is 397 g/mol. The van der Waals surface area contributed by atoms with Gasteiger partial charge in [-0.2, -0.15) is 0 Å². The summed E-state index contributed by atoms with van der Waals surface area (Å²) in [6.07, 6.45) is 2.31. The number of carbonyl (C=O) groups is 2. The van der Waals surface area contributed by atoms with Crippen LogP contribution in [0.5, 0.6) is 0 Å². The van der Waals surface area contributed by atoms with E-state index in [0.29, 0.717) is 19.4 Å². The Morgan fingerprint density at radius 2 is 1.60 bits per heavy atom. The van der Waals surface area contributed by atoms with Crippen molar-refractivity contribution in [2.75, 3.05) is 16.8 Å². The summed E-state index contributed by atoms with van der Waals surface area (Å²) in [6, 6.07) is 27.0. The summed E-state index contributed by atoms with van der Waals surface area (Å²) in [7, 11) is 0. The van der Waals surface area contributed by atoms with Gasteiger partial charge < -0.3 is 15.2 Å². The van der Waals surface area contributed by atoms with Crippen molar-refractivity contribution in [3.63, 3.8) is 0 Å². The third-order valence-electron chi connectivity index (χ3n) is 5.18. The minimum Gasteiger partial charge on any atom is -0.381 e. The highest BCUT2D eigenvalue weighted by molar-refractivity contribution is 6.28. The van der Waals surface area contributed by atoms with Gasteiger partial charge in [0.05, 0.1) is 5.69 Å². The molecule has 5 heteroatoms. The van der Waals surface area contributed by atoms with Crippen LogP contribution in [0.25, 0.3) is 10.9 Å². The molecule has 0 saturated carbocycles. The van der Waals surface area contributed by atoms with E-state index in [1.54, 1.807) is 0 Å². The first kappa shape index (κ1) is 19.5. The Morgan fingerprint density at radius 3 is 2.33 bits per heavy atom. The maximum absolute atomic E-state index is 12.7. The first-order valence-corrected chi connectivity index (χ1v) is 9.91. The SMILES string of the molecule is O=CC(=O)C(CNc1c[nH]c2ccccc12)N(Cc1ccccc1)c1ccccc1. The second-order valence-corrected chi connectivity index (χ2v) is 7.11. The van der Waals surface area contributed by atoms with Crippen molar-refractivity contribution in [3.05, 3.63) is 96.7 Å². The van der Waals surface area contributed by atoms with E-state index < -0.39 is 11.8 Å². The number of para-hydroxylation sites is 2. The molecule has 2 N–H and O–H groups in total. The number of Topliss-reactive ketones (excluding diaryl/α,β-unsaturated/α-hetero) is 1. The Hall–Kier alpha value is -3.86. The summed E-state index contributed by atoms with van der Waals surface area (Å²) in [5.41, 5.74) is 3.88. The predicted molar refractivity (Wildman–Crippen MR) is 121 cm³/mol. The van der Waals surface area contributed by atoms with Crippen LogP contribution >= 0.6 is 0 Å².